The molecule has 0 bridgehead atoms. The van der Waals surface area contributed by atoms with E-state index in [1.165, 1.54) is 24.3 Å². The zero-order valence-corrected chi connectivity index (χ0v) is 24.1. The standard InChI is InChI=1S/C38H24O8/c39-35(45-33-17-9-7-15-31(33)37(41)43-29-11-3-1-4-12-29)27-21-19-26-24-28(22-20-25(26)23-27)36(40)46-34-18-10-8-16-32(34)38(42)44-30-13-5-2-6-14-30/h1-24H. The molecule has 0 aromatic heterocycles. The van der Waals surface area contributed by atoms with Crippen LogP contribution in [0.5, 0.6) is 23.0 Å². The Morgan fingerprint density at radius 3 is 1.13 bits per heavy atom. The van der Waals surface area contributed by atoms with Gasteiger partial charge in [0.1, 0.15) is 34.1 Å². The lowest BCUT2D eigenvalue weighted by atomic mass is 10.0. The van der Waals surface area contributed by atoms with Gasteiger partial charge in [-0.15, -0.1) is 0 Å². The minimum Gasteiger partial charge on any atom is -0.423 e. The predicted octanol–water partition coefficient (Wildman–Crippen LogP) is 7.72. The minimum atomic E-state index is -0.677. The molecule has 0 aliphatic carbocycles. The highest BCUT2D eigenvalue weighted by atomic mass is 16.6. The monoisotopic (exact) mass is 608 g/mol. The first kappa shape index (κ1) is 29.5. The maximum atomic E-state index is 13.1. The maximum Gasteiger partial charge on any atom is 0.347 e. The van der Waals surface area contributed by atoms with E-state index >= 15 is 0 Å². The molecule has 0 heterocycles. The van der Waals surface area contributed by atoms with Crippen molar-refractivity contribution < 1.29 is 38.1 Å². The van der Waals surface area contributed by atoms with Crippen molar-refractivity contribution in [2.75, 3.05) is 0 Å². The van der Waals surface area contributed by atoms with Crippen LogP contribution in [0.2, 0.25) is 0 Å². The number of benzene rings is 6. The van der Waals surface area contributed by atoms with Crippen molar-refractivity contribution in [2.24, 2.45) is 0 Å². The minimum absolute atomic E-state index is 0.0551. The Bertz CT molecular complexity index is 1920. The first-order chi connectivity index (χ1) is 22.4. The molecule has 0 saturated heterocycles. The molecule has 46 heavy (non-hydrogen) atoms. The van der Waals surface area contributed by atoms with Gasteiger partial charge in [0.25, 0.3) is 0 Å². The van der Waals surface area contributed by atoms with Crippen molar-refractivity contribution in [1.29, 1.82) is 0 Å². The van der Waals surface area contributed by atoms with E-state index in [4.69, 9.17) is 18.9 Å². The highest BCUT2D eigenvalue weighted by molar-refractivity contribution is 6.02. The van der Waals surface area contributed by atoms with E-state index in [2.05, 4.69) is 0 Å². The van der Waals surface area contributed by atoms with Gasteiger partial charge in [-0.05, 0) is 83.6 Å². The smallest absolute Gasteiger partial charge is 0.347 e. The molecule has 0 aliphatic rings. The molecular weight excluding hydrogens is 584 g/mol. The molecule has 0 radical (unpaired) electrons. The molecule has 0 fully saturated rings. The number of carbonyl (C=O) groups excluding carboxylic acids is 4. The molecule has 8 nitrogen and oxygen atoms in total. The largest absolute Gasteiger partial charge is 0.423 e. The second kappa shape index (κ2) is 13.4. The third-order valence-electron chi connectivity index (χ3n) is 6.84. The number of rotatable bonds is 8. The number of ether oxygens (including phenoxy) is 4. The Hall–Kier alpha value is -6.54. The zero-order chi connectivity index (χ0) is 31.9. The van der Waals surface area contributed by atoms with Crippen LogP contribution in [0.4, 0.5) is 0 Å². The van der Waals surface area contributed by atoms with E-state index in [0.717, 1.165) is 0 Å². The lowest BCUT2D eigenvalue weighted by Gasteiger charge is -2.11. The summed E-state index contributed by atoms with van der Waals surface area (Å²) in [6.45, 7) is 0. The van der Waals surface area contributed by atoms with Crippen LogP contribution in [0.1, 0.15) is 41.4 Å². The lowest BCUT2D eigenvalue weighted by molar-refractivity contribution is 0.0687. The summed E-state index contributed by atoms with van der Waals surface area (Å²) in [6.07, 6.45) is 0. The van der Waals surface area contributed by atoms with Crippen molar-refractivity contribution in [2.45, 2.75) is 0 Å². The summed E-state index contributed by atoms with van der Waals surface area (Å²) in [6, 6.07) is 39.5. The summed E-state index contributed by atoms with van der Waals surface area (Å²) in [4.78, 5) is 51.7. The Morgan fingerprint density at radius 1 is 0.348 bits per heavy atom. The van der Waals surface area contributed by atoms with Crippen molar-refractivity contribution in [3.05, 3.63) is 168 Å². The molecule has 6 rings (SSSR count). The molecule has 6 aromatic carbocycles. The fraction of sp³-hybridized carbons (Fsp3) is 0. The summed E-state index contributed by atoms with van der Waals surface area (Å²) < 4.78 is 22.0. The number of carbonyl (C=O) groups is 4. The number of hydrogen-bond donors (Lipinski definition) is 0. The molecule has 0 spiro atoms. The van der Waals surface area contributed by atoms with E-state index < -0.39 is 23.9 Å². The van der Waals surface area contributed by atoms with Gasteiger partial charge in [-0.2, -0.15) is 0 Å². The lowest BCUT2D eigenvalue weighted by Crippen LogP contribution is -2.15. The fourth-order valence-electron chi connectivity index (χ4n) is 4.57. The van der Waals surface area contributed by atoms with E-state index in [1.807, 2.05) is 0 Å². The van der Waals surface area contributed by atoms with Gasteiger partial charge in [0.2, 0.25) is 0 Å². The third-order valence-corrected chi connectivity index (χ3v) is 6.84. The van der Waals surface area contributed by atoms with Gasteiger partial charge in [-0.25, -0.2) is 19.2 Å². The highest BCUT2D eigenvalue weighted by Gasteiger charge is 2.20. The number of para-hydroxylation sites is 4. The van der Waals surface area contributed by atoms with Crippen LogP contribution in [0, 0.1) is 0 Å². The summed E-state index contributed by atoms with van der Waals surface area (Å²) in [5.41, 5.74) is 0.664. The van der Waals surface area contributed by atoms with Crippen LogP contribution in [0.25, 0.3) is 10.8 Å². The summed E-state index contributed by atoms with van der Waals surface area (Å²) in [5.74, 6) is -1.85. The van der Waals surface area contributed by atoms with E-state index in [-0.39, 0.29) is 33.8 Å². The SMILES string of the molecule is O=C(Oc1ccccc1C(=O)Oc1ccccc1)c1ccc2cc(C(=O)Oc3ccccc3C(=O)Oc3ccccc3)ccc2c1. The molecule has 0 atom stereocenters. The first-order valence-electron chi connectivity index (χ1n) is 14.2. The molecule has 0 unspecified atom stereocenters. The van der Waals surface area contributed by atoms with Crippen molar-refractivity contribution in [1.82, 2.24) is 0 Å². The maximum absolute atomic E-state index is 13.1. The number of esters is 4. The van der Waals surface area contributed by atoms with Gasteiger partial charge in [-0.3, -0.25) is 0 Å². The molecular formula is C38H24O8. The molecule has 0 aliphatic heterocycles. The van der Waals surface area contributed by atoms with Gasteiger partial charge >= 0.3 is 23.9 Å². The average Bonchev–Trinajstić information content (AvgIpc) is 3.09. The van der Waals surface area contributed by atoms with Gasteiger partial charge < -0.3 is 18.9 Å². The van der Waals surface area contributed by atoms with Crippen LogP contribution in [-0.4, -0.2) is 23.9 Å². The summed E-state index contributed by atoms with van der Waals surface area (Å²) >= 11 is 0. The molecule has 0 amide bonds. The van der Waals surface area contributed by atoms with E-state index in [0.29, 0.717) is 22.3 Å². The Balaban J connectivity index is 1.15. The van der Waals surface area contributed by atoms with Crippen LogP contribution < -0.4 is 18.9 Å². The Labute approximate surface area is 263 Å². The quantitative estimate of drug-likeness (QED) is 0.128. The molecule has 6 aromatic rings. The second-order valence-electron chi connectivity index (χ2n) is 9.95. The Morgan fingerprint density at radius 2 is 0.717 bits per heavy atom. The van der Waals surface area contributed by atoms with Gasteiger partial charge in [0.05, 0.1) is 11.1 Å². The topological polar surface area (TPSA) is 105 Å². The Kier molecular flexibility index (Phi) is 8.60. The van der Waals surface area contributed by atoms with Gasteiger partial charge in [0, 0.05) is 0 Å². The first-order valence-corrected chi connectivity index (χ1v) is 14.2. The predicted molar refractivity (Wildman–Crippen MR) is 170 cm³/mol. The van der Waals surface area contributed by atoms with E-state index in [9.17, 15) is 19.2 Å². The molecule has 8 heteroatoms. The fourth-order valence-corrected chi connectivity index (χ4v) is 4.57. The molecule has 0 saturated carbocycles. The van der Waals surface area contributed by atoms with E-state index in [1.54, 1.807) is 121 Å². The summed E-state index contributed by atoms with van der Waals surface area (Å²) in [5, 5.41) is 1.32. The van der Waals surface area contributed by atoms with Crippen LogP contribution >= 0.6 is 0 Å². The molecule has 224 valence electrons. The normalized spacial score (nSPS) is 10.5. The number of hydrogen-bond acceptors (Lipinski definition) is 8. The van der Waals surface area contributed by atoms with Crippen LogP contribution in [-0.2, 0) is 0 Å². The van der Waals surface area contributed by atoms with Gasteiger partial charge in [0.15, 0.2) is 0 Å². The second-order valence-corrected chi connectivity index (χ2v) is 9.95. The molecule has 0 N–H and O–H groups in total. The summed E-state index contributed by atoms with van der Waals surface area (Å²) in [7, 11) is 0. The highest BCUT2D eigenvalue weighted by Crippen LogP contribution is 2.26. The van der Waals surface area contributed by atoms with Crippen molar-refractivity contribution in [3.8, 4) is 23.0 Å². The van der Waals surface area contributed by atoms with Gasteiger partial charge in [-0.1, -0.05) is 72.8 Å². The number of fused-ring (bicyclic) bond motifs is 1. The van der Waals surface area contributed by atoms with Crippen LogP contribution in [0.15, 0.2) is 146 Å². The van der Waals surface area contributed by atoms with Crippen molar-refractivity contribution >= 4 is 34.6 Å². The van der Waals surface area contributed by atoms with Crippen LogP contribution in [0.3, 0.4) is 0 Å². The average molecular weight is 609 g/mol. The third kappa shape index (κ3) is 6.82. The van der Waals surface area contributed by atoms with Crippen molar-refractivity contribution in [3.63, 3.8) is 0 Å². The zero-order valence-electron chi connectivity index (χ0n) is 24.1.